The number of benzene rings is 1. The van der Waals surface area contributed by atoms with E-state index in [9.17, 15) is 8.78 Å². The van der Waals surface area contributed by atoms with E-state index in [2.05, 4.69) is 15.9 Å². The fourth-order valence-electron chi connectivity index (χ4n) is 0.692. The molecule has 0 aliphatic heterocycles. The first-order chi connectivity index (χ1) is 5.16. The van der Waals surface area contributed by atoms with E-state index >= 15 is 0 Å². The lowest BCUT2D eigenvalue weighted by molar-refractivity contribution is 0.463. The fourth-order valence-corrected chi connectivity index (χ4v) is 1.26. The molecule has 0 fully saturated rings. The number of hydrogen-bond donors (Lipinski definition) is 0. The van der Waals surface area contributed by atoms with Gasteiger partial charge >= 0.3 is 0 Å². The van der Waals surface area contributed by atoms with E-state index in [0.29, 0.717) is 0 Å². The van der Waals surface area contributed by atoms with Gasteiger partial charge in [0, 0.05) is 10.6 Å². The first kappa shape index (κ1) is 8.94. The molecule has 0 saturated heterocycles. The van der Waals surface area contributed by atoms with Gasteiger partial charge in [-0.3, -0.25) is 0 Å². The van der Waals surface area contributed by atoms with Crippen molar-refractivity contribution in [2.24, 2.45) is 0 Å². The summed E-state index contributed by atoms with van der Waals surface area (Å²) >= 11 is 8.42. The Labute approximate surface area is 76.3 Å². The third-order valence-corrected chi connectivity index (χ3v) is 2.24. The molecule has 0 aromatic heterocycles. The molecule has 0 heterocycles. The third kappa shape index (κ3) is 1.71. The van der Waals surface area contributed by atoms with Gasteiger partial charge in [-0.2, -0.15) is 0 Å². The smallest absolute Gasteiger partial charge is 0.144 e. The Bertz CT molecular complexity index is 275. The van der Waals surface area contributed by atoms with Crippen LogP contribution in [0.3, 0.4) is 0 Å². The van der Waals surface area contributed by atoms with Crippen LogP contribution in [0.15, 0.2) is 16.6 Å². The first-order valence-corrected chi connectivity index (χ1v) is 4.02. The van der Waals surface area contributed by atoms with Crippen LogP contribution >= 0.6 is 27.5 Å². The fraction of sp³-hybridized carbons (Fsp3) is 0.143. The Balaban J connectivity index is 3.29. The molecule has 0 amide bonds. The minimum absolute atomic E-state index is 0.0963. The molecule has 1 rings (SSSR count). The molecule has 0 radical (unpaired) electrons. The highest BCUT2D eigenvalue weighted by molar-refractivity contribution is 9.10. The van der Waals surface area contributed by atoms with Crippen molar-refractivity contribution in [3.8, 4) is 0 Å². The Kier molecular flexibility index (Phi) is 2.84. The highest BCUT2D eigenvalue weighted by Crippen LogP contribution is 2.26. The van der Waals surface area contributed by atoms with Gasteiger partial charge in [0.25, 0.3) is 0 Å². The van der Waals surface area contributed by atoms with E-state index in [1.165, 1.54) is 12.1 Å². The van der Waals surface area contributed by atoms with Gasteiger partial charge in [0.2, 0.25) is 0 Å². The zero-order valence-corrected chi connectivity index (χ0v) is 7.72. The monoisotopic (exact) mass is 240 g/mol. The first-order valence-electron chi connectivity index (χ1n) is 2.85. The molecule has 0 unspecified atom stereocenters. The number of hydrogen-bond acceptors (Lipinski definition) is 0. The topological polar surface area (TPSA) is 0 Å². The standard InChI is InChI=1S/C7H4BrClF2/c8-5-1-2-6(9)4(3-10)7(5)11/h1-2H,3H2. The Hall–Kier alpha value is -0.150. The van der Waals surface area contributed by atoms with Crippen molar-refractivity contribution in [3.63, 3.8) is 0 Å². The summed E-state index contributed by atoms with van der Waals surface area (Å²) in [6.07, 6.45) is 0. The number of rotatable bonds is 1. The predicted molar refractivity (Wildman–Crippen MR) is 43.9 cm³/mol. The van der Waals surface area contributed by atoms with E-state index in [0.717, 1.165) is 0 Å². The molecule has 0 aliphatic carbocycles. The van der Waals surface area contributed by atoms with Crippen molar-refractivity contribution in [1.29, 1.82) is 0 Å². The number of halogens is 4. The predicted octanol–water partition coefficient (Wildman–Crippen LogP) is 3.71. The molecule has 0 saturated carbocycles. The van der Waals surface area contributed by atoms with Crippen molar-refractivity contribution < 1.29 is 8.78 Å². The molecule has 1 aromatic rings. The lowest BCUT2D eigenvalue weighted by atomic mass is 10.2. The maximum absolute atomic E-state index is 12.9. The second kappa shape index (κ2) is 3.50. The van der Waals surface area contributed by atoms with Crippen LogP contribution in [0.4, 0.5) is 8.78 Å². The highest BCUT2D eigenvalue weighted by atomic mass is 79.9. The van der Waals surface area contributed by atoms with Crippen LogP contribution in [0.25, 0.3) is 0 Å². The van der Waals surface area contributed by atoms with Crippen molar-refractivity contribution >= 4 is 27.5 Å². The van der Waals surface area contributed by atoms with E-state index in [1.54, 1.807) is 0 Å². The molecule has 0 spiro atoms. The average molecular weight is 241 g/mol. The van der Waals surface area contributed by atoms with Crippen LogP contribution in [0.1, 0.15) is 5.56 Å². The minimum Gasteiger partial charge on any atom is -0.246 e. The van der Waals surface area contributed by atoms with E-state index < -0.39 is 12.5 Å². The van der Waals surface area contributed by atoms with E-state index in [1.807, 2.05) is 0 Å². The molecule has 0 aliphatic rings. The van der Waals surface area contributed by atoms with E-state index in [-0.39, 0.29) is 15.1 Å². The SMILES string of the molecule is FCc1c(Cl)ccc(Br)c1F. The largest absolute Gasteiger partial charge is 0.246 e. The summed E-state index contributed by atoms with van der Waals surface area (Å²) in [5.41, 5.74) is -0.0963. The molecule has 4 heteroatoms. The van der Waals surface area contributed by atoms with Crippen LogP contribution in [0.2, 0.25) is 5.02 Å². The molecule has 1 aromatic carbocycles. The average Bonchev–Trinajstić information content (AvgIpc) is 1.99. The van der Waals surface area contributed by atoms with Gasteiger partial charge in [0.1, 0.15) is 12.5 Å². The maximum atomic E-state index is 12.9. The highest BCUT2D eigenvalue weighted by Gasteiger charge is 2.09. The molecule has 0 bridgehead atoms. The third-order valence-electron chi connectivity index (χ3n) is 1.27. The van der Waals surface area contributed by atoms with E-state index in [4.69, 9.17) is 11.6 Å². The number of alkyl halides is 1. The van der Waals surface area contributed by atoms with Crippen LogP contribution in [-0.2, 0) is 6.67 Å². The maximum Gasteiger partial charge on any atom is 0.144 e. The molecule has 0 nitrogen and oxygen atoms in total. The van der Waals surface area contributed by atoms with Crippen molar-refractivity contribution in [2.75, 3.05) is 0 Å². The molecule has 11 heavy (non-hydrogen) atoms. The van der Waals surface area contributed by atoms with Gasteiger partial charge in [0.15, 0.2) is 0 Å². The molecular weight excluding hydrogens is 237 g/mol. The minimum atomic E-state index is -0.885. The molecular formula is C7H4BrClF2. The van der Waals surface area contributed by atoms with Crippen LogP contribution in [0, 0.1) is 5.82 Å². The Morgan fingerprint density at radius 1 is 1.45 bits per heavy atom. The summed E-state index contributed by atoms with van der Waals surface area (Å²) in [6.45, 7) is -0.885. The molecule has 0 atom stereocenters. The summed E-state index contributed by atoms with van der Waals surface area (Å²) in [4.78, 5) is 0. The summed E-state index contributed by atoms with van der Waals surface area (Å²) in [5, 5.41) is 0.119. The van der Waals surface area contributed by atoms with Crippen LogP contribution in [-0.4, -0.2) is 0 Å². The van der Waals surface area contributed by atoms with Gasteiger partial charge in [0.05, 0.1) is 4.47 Å². The lowest BCUT2D eigenvalue weighted by Gasteiger charge is -2.01. The zero-order chi connectivity index (χ0) is 8.43. The summed E-state index contributed by atoms with van der Waals surface area (Å²) in [6, 6.07) is 2.89. The Morgan fingerprint density at radius 3 is 2.55 bits per heavy atom. The van der Waals surface area contributed by atoms with Crippen LogP contribution in [0.5, 0.6) is 0 Å². The summed E-state index contributed by atoms with van der Waals surface area (Å²) in [5.74, 6) is -0.625. The van der Waals surface area contributed by atoms with Crippen LogP contribution < -0.4 is 0 Å². The second-order valence-electron chi connectivity index (χ2n) is 1.96. The van der Waals surface area contributed by atoms with Crippen molar-refractivity contribution in [2.45, 2.75) is 6.67 Å². The lowest BCUT2D eigenvalue weighted by Crippen LogP contribution is -1.88. The second-order valence-corrected chi connectivity index (χ2v) is 3.22. The molecule has 0 N–H and O–H groups in total. The Morgan fingerprint density at radius 2 is 2.09 bits per heavy atom. The van der Waals surface area contributed by atoms with Gasteiger partial charge in [-0.15, -0.1) is 0 Å². The van der Waals surface area contributed by atoms with Crippen molar-refractivity contribution in [3.05, 3.63) is 33.0 Å². The molecule has 60 valence electrons. The summed E-state index contributed by atoms with van der Waals surface area (Å²) < 4.78 is 25.2. The van der Waals surface area contributed by atoms with Gasteiger partial charge < -0.3 is 0 Å². The summed E-state index contributed by atoms with van der Waals surface area (Å²) in [7, 11) is 0. The van der Waals surface area contributed by atoms with Gasteiger partial charge in [-0.1, -0.05) is 11.6 Å². The van der Waals surface area contributed by atoms with Crippen molar-refractivity contribution in [1.82, 2.24) is 0 Å². The van der Waals surface area contributed by atoms with Gasteiger partial charge in [-0.25, -0.2) is 8.78 Å². The zero-order valence-electron chi connectivity index (χ0n) is 5.37. The normalized spacial score (nSPS) is 10.2. The van der Waals surface area contributed by atoms with Gasteiger partial charge in [-0.05, 0) is 28.1 Å². The quantitative estimate of drug-likeness (QED) is 0.658.